The summed E-state index contributed by atoms with van der Waals surface area (Å²) in [6.45, 7) is 0. The maximum absolute atomic E-state index is 12.2. The van der Waals surface area contributed by atoms with Crippen LogP contribution in [-0.2, 0) is 11.2 Å². The molecule has 0 aliphatic heterocycles. The Labute approximate surface area is 96.1 Å². The van der Waals surface area contributed by atoms with Gasteiger partial charge in [-0.05, 0) is 49.7 Å². The molecule has 0 saturated heterocycles. The predicted molar refractivity (Wildman–Crippen MR) is 62.3 cm³/mol. The van der Waals surface area contributed by atoms with Gasteiger partial charge in [0.2, 0.25) is 0 Å². The highest BCUT2D eigenvalue weighted by Gasteiger charge is 2.32. The summed E-state index contributed by atoms with van der Waals surface area (Å²) in [4.78, 5) is 16.6. The van der Waals surface area contributed by atoms with Crippen molar-refractivity contribution in [2.45, 2.75) is 44.4 Å². The molecule has 3 rings (SSSR count). The second kappa shape index (κ2) is 4.00. The van der Waals surface area contributed by atoms with E-state index in [1.165, 1.54) is 18.4 Å². The second-order valence-electron chi connectivity index (χ2n) is 5.11. The minimum absolute atomic E-state index is 0.102. The number of hydrogen-bond donors (Lipinski definition) is 0. The fourth-order valence-corrected chi connectivity index (χ4v) is 2.67. The third-order valence-corrected chi connectivity index (χ3v) is 3.77. The zero-order valence-electron chi connectivity index (χ0n) is 9.48. The summed E-state index contributed by atoms with van der Waals surface area (Å²) in [5.74, 6) is 1.23. The van der Waals surface area contributed by atoms with Crippen molar-refractivity contribution in [1.29, 1.82) is 0 Å². The quantitative estimate of drug-likeness (QED) is 0.776. The van der Waals surface area contributed by atoms with Crippen LogP contribution in [0.2, 0.25) is 0 Å². The van der Waals surface area contributed by atoms with Crippen LogP contribution >= 0.6 is 0 Å². The van der Waals surface area contributed by atoms with Gasteiger partial charge in [-0.15, -0.1) is 0 Å². The minimum Gasteiger partial charge on any atom is -0.299 e. The topological polar surface area (TPSA) is 30.0 Å². The SMILES string of the molecule is O=C(CC1CC1)C1CCCc2cccnc21. The van der Waals surface area contributed by atoms with E-state index in [-0.39, 0.29) is 5.92 Å². The van der Waals surface area contributed by atoms with Gasteiger partial charge in [0.25, 0.3) is 0 Å². The summed E-state index contributed by atoms with van der Waals surface area (Å²) in [7, 11) is 0. The first-order valence-corrected chi connectivity index (χ1v) is 6.31. The molecular formula is C14H17NO. The number of hydrogen-bond acceptors (Lipinski definition) is 2. The van der Waals surface area contributed by atoms with Gasteiger partial charge in [0, 0.05) is 12.6 Å². The van der Waals surface area contributed by atoms with E-state index in [1.54, 1.807) is 0 Å². The van der Waals surface area contributed by atoms with Crippen molar-refractivity contribution in [3.8, 4) is 0 Å². The first kappa shape index (κ1) is 10.0. The summed E-state index contributed by atoms with van der Waals surface area (Å²) in [6.07, 6.45) is 8.37. The molecule has 2 aliphatic carbocycles. The standard InChI is InChI=1S/C14H17NO/c16-13(9-10-6-7-10)12-5-1-3-11-4-2-8-15-14(11)12/h2,4,8,10,12H,1,3,5-7,9H2. The number of aromatic nitrogens is 1. The second-order valence-corrected chi connectivity index (χ2v) is 5.11. The molecule has 2 nitrogen and oxygen atoms in total. The average molecular weight is 215 g/mol. The van der Waals surface area contributed by atoms with E-state index < -0.39 is 0 Å². The molecule has 2 aliphatic rings. The maximum Gasteiger partial charge on any atom is 0.142 e. The Kier molecular flexibility index (Phi) is 2.50. The number of pyridine rings is 1. The highest BCUT2D eigenvalue weighted by atomic mass is 16.1. The molecule has 84 valence electrons. The Morgan fingerprint density at radius 1 is 1.38 bits per heavy atom. The summed E-state index contributed by atoms with van der Waals surface area (Å²) in [6, 6.07) is 4.10. The molecule has 0 aromatic carbocycles. The Bertz CT molecular complexity index is 409. The van der Waals surface area contributed by atoms with E-state index >= 15 is 0 Å². The van der Waals surface area contributed by atoms with Crippen molar-refractivity contribution >= 4 is 5.78 Å². The number of nitrogens with zero attached hydrogens (tertiary/aromatic N) is 1. The zero-order valence-corrected chi connectivity index (χ0v) is 9.48. The van der Waals surface area contributed by atoms with Crippen LogP contribution < -0.4 is 0 Å². The molecule has 1 fully saturated rings. The van der Waals surface area contributed by atoms with Crippen LogP contribution in [0.15, 0.2) is 18.3 Å². The van der Waals surface area contributed by atoms with Gasteiger partial charge in [-0.1, -0.05) is 6.07 Å². The lowest BCUT2D eigenvalue weighted by Gasteiger charge is -2.23. The van der Waals surface area contributed by atoms with E-state index in [1.807, 2.05) is 12.3 Å². The number of aryl methyl sites for hydroxylation is 1. The van der Waals surface area contributed by atoms with Crippen LogP contribution in [0.4, 0.5) is 0 Å². The lowest BCUT2D eigenvalue weighted by molar-refractivity contribution is -0.121. The molecule has 0 bridgehead atoms. The normalized spacial score (nSPS) is 23.9. The number of carbonyl (C=O) groups excluding carboxylic acids is 1. The predicted octanol–water partition coefficient (Wildman–Crippen LogP) is 2.87. The highest BCUT2D eigenvalue weighted by molar-refractivity contribution is 5.86. The van der Waals surface area contributed by atoms with E-state index in [0.29, 0.717) is 11.7 Å². The molecule has 1 aromatic heterocycles. The van der Waals surface area contributed by atoms with Gasteiger partial charge in [-0.25, -0.2) is 0 Å². The summed E-state index contributed by atoms with van der Waals surface area (Å²) >= 11 is 0. The first-order chi connectivity index (χ1) is 7.84. The van der Waals surface area contributed by atoms with Gasteiger partial charge >= 0.3 is 0 Å². The molecule has 1 atom stereocenters. The van der Waals surface area contributed by atoms with Crippen molar-refractivity contribution in [2.24, 2.45) is 5.92 Å². The Morgan fingerprint density at radius 2 is 2.25 bits per heavy atom. The van der Waals surface area contributed by atoms with Crippen LogP contribution in [0.25, 0.3) is 0 Å². The molecule has 16 heavy (non-hydrogen) atoms. The molecule has 1 saturated carbocycles. The van der Waals surface area contributed by atoms with E-state index in [0.717, 1.165) is 31.4 Å². The van der Waals surface area contributed by atoms with Crippen LogP contribution in [-0.4, -0.2) is 10.8 Å². The fraction of sp³-hybridized carbons (Fsp3) is 0.571. The lowest BCUT2D eigenvalue weighted by atomic mass is 9.82. The molecule has 1 unspecified atom stereocenters. The van der Waals surface area contributed by atoms with E-state index in [9.17, 15) is 4.79 Å². The van der Waals surface area contributed by atoms with Gasteiger partial charge < -0.3 is 0 Å². The van der Waals surface area contributed by atoms with Gasteiger partial charge in [0.1, 0.15) is 5.78 Å². The molecule has 0 amide bonds. The van der Waals surface area contributed by atoms with E-state index in [4.69, 9.17) is 0 Å². The largest absolute Gasteiger partial charge is 0.299 e. The van der Waals surface area contributed by atoms with Crippen molar-refractivity contribution in [3.63, 3.8) is 0 Å². The molecule has 0 radical (unpaired) electrons. The minimum atomic E-state index is 0.102. The number of carbonyl (C=O) groups is 1. The van der Waals surface area contributed by atoms with Crippen LogP contribution in [0.5, 0.6) is 0 Å². The van der Waals surface area contributed by atoms with Crippen molar-refractivity contribution in [2.75, 3.05) is 0 Å². The fourth-order valence-electron chi connectivity index (χ4n) is 2.67. The van der Waals surface area contributed by atoms with Gasteiger partial charge in [0.15, 0.2) is 0 Å². The third-order valence-electron chi connectivity index (χ3n) is 3.77. The Balaban J connectivity index is 1.82. The monoisotopic (exact) mass is 215 g/mol. The van der Waals surface area contributed by atoms with Gasteiger partial charge in [-0.2, -0.15) is 0 Å². The van der Waals surface area contributed by atoms with Gasteiger partial charge in [-0.3, -0.25) is 9.78 Å². The zero-order chi connectivity index (χ0) is 11.0. The molecule has 1 heterocycles. The van der Waals surface area contributed by atoms with Crippen molar-refractivity contribution < 1.29 is 4.79 Å². The molecule has 1 aromatic rings. The smallest absolute Gasteiger partial charge is 0.142 e. The van der Waals surface area contributed by atoms with Crippen molar-refractivity contribution in [1.82, 2.24) is 4.98 Å². The van der Waals surface area contributed by atoms with Gasteiger partial charge in [0.05, 0.1) is 11.6 Å². The summed E-state index contributed by atoms with van der Waals surface area (Å²) < 4.78 is 0. The van der Waals surface area contributed by atoms with Crippen molar-refractivity contribution in [3.05, 3.63) is 29.6 Å². The van der Waals surface area contributed by atoms with Crippen LogP contribution in [0.1, 0.15) is 49.3 Å². The Morgan fingerprint density at radius 3 is 3.06 bits per heavy atom. The van der Waals surface area contributed by atoms with E-state index in [2.05, 4.69) is 11.1 Å². The Hall–Kier alpha value is -1.18. The third kappa shape index (κ3) is 1.89. The molecule has 2 heteroatoms. The number of ketones is 1. The summed E-state index contributed by atoms with van der Waals surface area (Å²) in [5.41, 5.74) is 2.36. The summed E-state index contributed by atoms with van der Waals surface area (Å²) in [5, 5.41) is 0. The first-order valence-electron chi connectivity index (χ1n) is 6.31. The average Bonchev–Trinajstić information content (AvgIpc) is 3.12. The number of Topliss-reactive ketones (excluding diaryl/α,β-unsaturated/α-hetero) is 1. The molecular weight excluding hydrogens is 198 g/mol. The maximum atomic E-state index is 12.2. The lowest BCUT2D eigenvalue weighted by Crippen LogP contribution is -2.20. The molecule has 0 spiro atoms. The van der Waals surface area contributed by atoms with Crippen LogP contribution in [0.3, 0.4) is 0 Å². The van der Waals surface area contributed by atoms with Crippen LogP contribution in [0, 0.1) is 5.92 Å². The molecule has 0 N–H and O–H groups in total. The number of fused-ring (bicyclic) bond motifs is 1. The highest BCUT2D eigenvalue weighted by Crippen LogP contribution is 2.37. The number of rotatable bonds is 3.